The Kier molecular flexibility index (Phi) is 7.01. The summed E-state index contributed by atoms with van der Waals surface area (Å²) in [5, 5.41) is 7.38. The molecule has 2 rings (SSSR count). The molecule has 2 N–H and O–H groups in total. The second-order valence-electron chi connectivity index (χ2n) is 8.35. The molecule has 21 heavy (non-hydrogen) atoms. The van der Waals surface area contributed by atoms with E-state index in [1.807, 2.05) is 0 Å². The van der Waals surface area contributed by atoms with Crippen LogP contribution in [0.15, 0.2) is 0 Å². The van der Waals surface area contributed by atoms with Gasteiger partial charge in [-0.05, 0) is 81.3 Å². The van der Waals surface area contributed by atoms with Crippen molar-refractivity contribution in [2.45, 2.75) is 72.1 Å². The van der Waals surface area contributed by atoms with Gasteiger partial charge in [-0.3, -0.25) is 0 Å². The minimum absolute atomic E-state index is 0.629. The summed E-state index contributed by atoms with van der Waals surface area (Å²) in [4.78, 5) is 0. The molecule has 2 fully saturated rings. The van der Waals surface area contributed by atoms with E-state index >= 15 is 0 Å². The Bertz CT molecular complexity index is 275. The van der Waals surface area contributed by atoms with E-state index in [0.29, 0.717) is 5.41 Å². The van der Waals surface area contributed by atoms with E-state index in [4.69, 9.17) is 0 Å². The highest BCUT2D eigenvalue weighted by Crippen LogP contribution is 2.42. The number of rotatable bonds is 8. The maximum absolute atomic E-state index is 3.82. The third kappa shape index (κ3) is 5.56. The Balaban J connectivity index is 1.65. The van der Waals surface area contributed by atoms with Crippen LogP contribution in [-0.4, -0.2) is 26.2 Å². The lowest BCUT2D eigenvalue weighted by Crippen LogP contribution is -2.36. The van der Waals surface area contributed by atoms with Crippen LogP contribution in [0.3, 0.4) is 0 Å². The quantitative estimate of drug-likeness (QED) is 0.655. The minimum atomic E-state index is 0.629. The van der Waals surface area contributed by atoms with Crippen LogP contribution in [0.2, 0.25) is 0 Å². The Morgan fingerprint density at radius 1 is 1.14 bits per heavy atom. The normalized spacial score (nSPS) is 27.1. The molecule has 2 unspecified atom stereocenters. The molecule has 0 spiro atoms. The van der Waals surface area contributed by atoms with Crippen LogP contribution < -0.4 is 10.6 Å². The fourth-order valence-electron chi connectivity index (χ4n) is 4.73. The van der Waals surface area contributed by atoms with Crippen molar-refractivity contribution in [3.8, 4) is 0 Å². The van der Waals surface area contributed by atoms with E-state index in [2.05, 4.69) is 31.4 Å². The van der Waals surface area contributed by atoms with Gasteiger partial charge < -0.3 is 10.6 Å². The fraction of sp³-hybridized carbons (Fsp3) is 1.00. The molecule has 1 saturated carbocycles. The zero-order valence-corrected chi connectivity index (χ0v) is 14.7. The zero-order chi connectivity index (χ0) is 15.1. The average molecular weight is 295 g/mol. The number of piperidine rings is 1. The van der Waals surface area contributed by atoms with Gasteiger partial charge in [0.25, 0.3) is 0 Å². The molecule has 0 amide bonds. The molecule has 2 nitrogen and oxygen atoms in total. The first-order valence-electron chi connectivity index (χ1n) is 9.53. The summed E-state index contributed by atoms with van der Waals surface area (Å²) >= 11 is 0. The van der Waals surface area contributed by atoms with Gasteiger partial charge in [-0.2, -0.15) is 0 Å². The van der Waals surface area contributed by atoms with Crippen molar-refractivity contribution in [2.75, 3.05) is 26.2 Å². The Labute approximate surface area is 132 Å². The Morgan fingerprint density at radius 3 is 2.52 bits per heavy atom. The van der Waals surface area contributed by atoms with Crippen LogP contribution in [0.25, 0.3) is 0 Å². The lowest BCUT2D eigenvalue weighted by atomic mass is 9.78. The summed E-state index contributed by atoms with van der Waals surface area (Å²) in [5.74, 6) is 2.63. The first-order valence-corrected chi connectivity index (χ1v) is 9.53. The van der Waals surface area contributed by atoms with Gasteiger partial charge in [0.05, 0.1) is 0 Å². The number of hydrogen-bond acceptors (Lipinski definition) is 2. The van der Waals surface area contributed by atoms with Crippen LogP contribution >= 0.6 is 0 Å². The first kappa shape index (κ1) is 17.3. The van der Waals surface area contributed by atoms with Gasteiger partial charge in [0.1, 0.15) is 0 Å². The van der Waals surface area contributed by atoms with Gasteiger partial charge in [0.15, 0.2) is 0 Å². The number of nitrogens with one attached hydrogen (secondary N) is 2. The summed E-state index contributed by atoms with van der Waals surface area (Å²) < 4.78 is 0. The Morgan fingerprint density at radius 2 is 1.90 bits per heavy atom. The minimum Gasteiger partial charge on any atom is -0.316 e. The summed E-state index contributed by atoms with van der Waals surface area (Å²) in [6.07, 6.45) is 11.4. The summed E-state index contributed by atoms with van der Waals surface area (Å²) in [6, 6.07) is 0. The van der Waals surface area contributed by atoms with Gasteiger partial charge in [0.2, 0.25) is 0 Å². The van der Waals surface area contributed by atoms with E-state index in [-0.39, 0.29) is 0 Å². The van der Waals surface area contributed by atoms with Crippen LogP contribution in [0.1, 0.15) is 72.1 Å². The maximum atomic E-state index is 3.82. The molecular weight excluding hydrogens is 256 g/mol. The van der Waals surface area contributed by atoms with Crippen molar-refractivity contribution in [1.82, 2.24) is 10.6 Å². The van der Waals surface area contributed by atoms with Gasteiger partial charge in [-0.15, -0.1) is 0 Å². The predicted molar refractivity (Wildman–Crippen MR) is 92.6 cm³/mol. The molecule has 0 radical (unpaired) electrons. The molecule has 0 aromatic rings. The van der Waals surface area contributed by atoms with E-state index in [9.17, 15) is 0 Å². The van der Waals surface area contributed by atoms with Crippen molar-refractivity contribution in [1.29, 1.82) is 0 Å². The summed E-state index contributed by atoms with van der Waals surface area (Å²) in [7, 11) is 0. The van der Waals surface area contributed by atoms with Crippen molar-refractivity contribution < 1.29 is 0 Å². The predicted octanol–water partition coefficient (Wildman–Crippen LogP) is 4.21. The van der Waals surface area contributed by atoms with Gasteiger partial charge in [-0.1, -0.05) is 33.6 Å². The lowest BCUT2D eigenvalue weighted by Gasteiger charge is -2.32. The third-order valence-corrected chi connectivity index (χ3v) is 5.92. The van der Waals surface area contributed by atoms with Crippen molar-refractivity contribution in [3.63, 3.8) is 0 Å². The largest absolute Gasteiger partial charge is 0.316 e. The van der Waals surface area contributed by atoms with Gasteiger partial charge >= 0.3 is 0 Å². The number of hydrogen-bond donors (Lipinski definition) is 2. The molecule has 1 saturated heterocycles. The van der Waals surface area contributed by atoms with Gasteiger partial charge in [-0.25, -0.2) is 0 Å². The van der Waals surface area contributed by atoms with Crippen LogP contribution in [0.5, 0.6) is 0 Å². The second kappa shape index (κ2) is 8.53. The third-order valence-electron chi connectivity index (χ3n) is 5.92. The van der Waals surface area contributed by atoms with E-state index in [1.54, 1.807) is 0 Å². The molecular formula is C19H38N2. The van der Waals surface area contributed by atoms with E-state index in [1.165, 1.54) is 77.5 Å². The molecule has 1 heterocycles. The monoisotopic (exact) mass is 294 g/mol. The van der Waals surface area contributed by atoms with Crippen molar-refractivity contribution in [3.05, 3.63) is 0 Å². The van der Waals surface area contributed by atoms with Crippen LogP contribution in [0, 0.1) is 23.2 Å². The van der Waals surface area contributed by atoms with Crippen LogP contribution in [0.4, 0.5) is 0 Å². The highest BCUT2D eigenvalue weighted by atomic mass is 14.9. The highest BCUT2D eigenvalue weighted by Gasteiger charge is 2.33. The SMILES string of the molecule is CC(C)CC1(CNCCC(C)C2CCCNC2)CCCC1. The van der Waals surface area contributed by atoms with Crippen molar-refractivity contribution in [2.24, 2.45) is 23.2 Å². The topological polar surface area (TPSA) is 24.1 Å². The molecule has 0 bridgehead atoms. The summed E-state index contributed by atoms with van der Waals surface area (Å²) in [6.45, 7) is 12.2. The van der Waals surface area contributed by atoms with Gasteiger partial charge in [0, 0.05) is 6.54 Å². The molecule has 2 aliphatic rings. The van der Waals surface area contributed by atoms with Crippen LogP contribution in [-0.2, 0) is 0 Å². The maximum Gasteiger partial charge on any atom is 0.000791 e. The molecule has 0 aromatic heterocycles. The first-order chi connectivity index (χ1) is 10.1. The molecule has 2 heteroatoms. The highest BCUT2D eigenvalue weighted by molar-refractivity contribution is 4.87. The lowest BCUT2D eigenvalue weighted by molar-refractivity contribution is 0.216. The fourth-order valence-corrected chi connectivity index (χ4v) is 4.73. The smallest absolute Gasteiger partial charge is 0.000791 e. The summed E-state index contributed by atoms with van der Waals surface area (Å²) in [5.41, 5.74) is 0.629. The molecule has 124 valence electrons. The van der Waals surface area contributed by atoms with E-state index < -0.39 is 0 Å². The molecule has 1 aliphatic carbocycles. The zero-order valence-electron chi connectivity index (χ0n) is 14.7. The van der Waals surface area contributed by atoms with Crippen molar-refractivity contribution >= 4 is 0 Å². The molecule has 1 aliphatic heterocycles. The molecule has 0 aromatic carbocycles. The second-order valence-corrected chi connectivity index (χ2v) is 8.35. The average Bonchev–Trinajstić information content (AvgIpc) is 2.92. The molecule has 2 atom stereocenters. The van der Waals surface area contributed by atoms with E-state index in [0.717, 1.165) is 17.8 Å². The standard InChI is InChI=1S/C19H38N2/c1-16(2)13-19(9-4-5-10-19)15-21-12-8-17(3)18-7-6-11-20-14-18/h16-18,20-21H,4-15H2,1-3H3. The Hall–Kier alpha value is -0.0800.